The van der Waals surface area contributed by atoms with E-state index in [1.807, 2.05) is 43.3 Å². The lowest BCUT2D eigenvalue weighted by atomic mass is 9.87. The number of carboxylic acids is 1. The average Bonchev–Trinajstić information content (AvgIpc) is 2.93. The molecule has 1 aromatic rings. The van der Waals surface area contributed by atoms with Gasteiger partial charge in [-0.1, -0.05) is 37.3 Å². The summed E-state index contributed by atoms with van der Waals surface area (Å²) in [4.78, 5) is 11.2. The number of benzene rings is 1. The van der Waals surface area contributed by atoms with Crippen molar-refractivity contribution in [2.75, 3.05) is 19.0 Å². The fourth-order valence-corrected chi connectivity index (χ4v) is 5.62. The van der Waals surface area contributed by atoms with Crippen LogP contribution in [0.3, 0.4) is 0 Å². The van der Waals surface area contributed by atoms with E-state index in [1.54, 1.807) is 6.08 Å². The van der Waals surface area contributed by atoms with Gasteiger partial charge in [0.25, 0.3) is 0 Å². The van der Waals surface area contributed by atoms with Gasteiger partial charge in [0.05, 0.1) is 18.8 Å². The summed E-state index contributed by atoms with van der Waals surface area (Å²) < 4.78 is 11.7. The Morgan fingerprint density at radius 3 is 2.81 bits per heavy atom. The molecule has 172 valence electrons. The van der Waals surface area contributed by atoms with Crippen molar-refractivity contribution in [3.05, 3.63) is 42.5 Å². The number of ether oxygens (including phenoxy) is 2. The molecule has 0 spiro atoms. The van der Waals surface area contributed by atoms with Crippen LogP contribution in [0.2, 0.25) is 0 Å². The zero-order chi connectivity index (χ0) is 22.2. The fourth-order valence-electron chi connectivity index (χ4n) is 4.47. The van der Waals surface area contributed by atoms with Gasteiger partial charge in [-0.05, 0) is 49.0 Å². The Morgan fingerprint density at radius 1 is 1.32 bits per heavy atom. The number of aliphatic hydroxyl groups excluding tert-OH is 2. The SMILES string of the molecule is CCC(SC[C@H]1CC[C@@H]2[C@@H](/C=C/[C@@H](O)COc3ccccc3)[C@H](O)C[C@@H]2OC1)C(=O)O. The lowest BCUT2D eigenvalue weighted by molar-refractivity contribution is -0.136. The summed E-state index contributed by atoms with van der Waals surface area (Å²) in [5.41, 5.74) is 0. The molecule has 7 heteroatoms. The van der Waals surface area contributed by atoms with Gasteiger partial charge in [-0.2, -0.15) is 0 Å². The van der Waals surface area contributed by atoms with Crippen LogP contribution in [0.25, 0.3) is 0 Å². The van der Waals surface area contributed by atoms with E-state index in [1.165, 1.54) is 11.8 Å². The number of hydrogen-bond acceptors (Lipinski definition) is 6. The molecule has 1 heterocycles. The molecule has 1 aliphatic heterocycles. The summed E-state index contributed by atoms with van der Waals surface area (Å²) in [5, 5.41) is 29.7. The Balaban J connectivity index is 1.49. The van der Waals surface area contributed by atoms with E-state index < -0.39 is 18.2 Å². The molecule has 1 aliphatic carbocycles. The van der Waals surface area contributed by atoms with Crippen LogP contribution in [0.15, 0.2) is 42.5 Å². The Morgan fingerprint density at radius 2 is 2.10 bits per heavy atom. The lowest BCUT2D eigenvalue weighted by Crippen LogP contribution is -2.22. The predicted octanol–water partition coefficient (Wildman–Crippen LogP) is 3.37. The third-order valence-corrected chi connectivity index (χ3v) is 7.84. The Bertz CT molecular complexity index is 711. The number of thioether (sulfide) groups is 1. The van der Waals surface area contributed by atoms with Crippen molar-refractivity contribution in [2.24, 2.45) is 17.8 Å². The molecule has 2 fully saturated rings. The number of carboxylic acid groups (broad SMARTS) is 1. The number of rotatable bonds is 10. The molecule has 0 radical (unpaired) electrons. The Hall–Kier alpha value is -1.54. The molecule has 1 saturated heterocycles. The molecule has 6 nitrogen and oxygen atoms in total. The van der Waals surface area contributed by atoms with Gasteiger partial charge in [-0.3, -0.25) is 4.79 Å². The van der Waals surface area contributed by atoms with Crippen LogP contribution < -0.4 is 4.74 Å². The second-order valence-corrected chi connectivity index (χ2v) is 9.74. The molecule has 0 bridgehead atoms. The molecule has 3 rings (SSSR count). The van der Waals surface area contributed by atoms with Crippen LogP contribution in [-0.4, -0.2) is 63.8 Å². The van der Waals surface area contributed by atoms with Crippen LogP contribution in [-0.2, 0) is 9.53 Å². The van der Waals surface area contributed by atoms with Gasteiger partial charge < -0.3 is 24.8 Å². The molecule has 2 aliphatic rings. The third kappa shape index (κ3) is 6.97. The number of para-hydroxylation sites is 1. The highest BCUT2D eigenvalue weighted by molar-refractivity contribution is 8.00. The maximum atomic E-state index is 11.2. The molecule has 1 aromatic carbocycles. The van der Waals surface area contributed by atoms with Crippen molar-refractivity contribution in [2.45, 2.75) is 56.2 Å². The van der Waals surface area contributed by atoms with E-state index in [9.17, 15) is 20.1 Å². The summed E-state index contributed by atoms with van der Waals surface area (Å²) in [6, 6.07) is 9.37. The smallest absolute Gasteiger partial charge is 0.316 e. The second-order valence-electron chi connectivity index (χ2n) is 8.50. The molecule has 1 saturated carbocycles. The quantitative estimate of drug-likeness (QED) is 0.470. The normalized spacial score (nSPS) is 30.5. The summed E-state index contributed by atoms with van der Waals surface area (Å²) in [5.74, 6) is 1.24. The first-order chi connectivity index (χ1) is 15.0. The minimum atomic E-state index is -0.748. The first-order valence-corrected chi connectivity index (χ1v) is 12.2. The monoisotopic (exact) mass is 450 g/mol. The van der Waals surface area contributed by atoms with Gasteiger partial charge in [0.2, 0.25) is 0 Å². The number of aliphatic hydroxyl groups is 2. The van der Waals surface area contributed by atoms with E-state index in [2.05, 4.69) is 0 Å². The molecule has 0 amide bonds. The van der Waals surface area contributed by atoms with Crippen LogP contribution in [0.4, 0.5) is 0 Å². The van der Waals surface area contributed by atoms with Gasteiger partial charge >= 0.3 is 5.97 Å². The van der Waals surface area contributed by atoms with Crippen molar-refractivity contribution in [3.8, 4) is 5.75 Å². The van der Waals surface area contributed by atoms with Gasteiger partial charge in [-0.15, -0.1) is 11.8 Å². The van der Waals surface area contributed by atoms with E-state index in [4.69, 9.17) is 9.47 Å². The van der Waals surface area contributed by atoms with Crippen molar-refractivity contribution in [1.82, 2.24) is 0 Å². The highest BCUT2D eigenvalue weighted by Gasteiger charge is 2.43. The summed E-state index contributed by atoms with van der Waals surface area (Å²) in [7, 11) is 0. The minimum Gasteiger partial charge on any atom is -0.491 e. The Labute approximate surface area is 188 Å². The molecular formula is C24H34O6S. The standard InChI is InChI=1S/C24H34O6S/c1-2-23(24(27)28)31-15-16-8-10-20-19(21(26)12-22(20)30-13-16)11-9-17(25)14-29-18-6-4-3-5-7-18/h3-7,9,11,16-17,19-23,25-26H,2,8,10,12-15H2,1H3,(H,27,28)/b11-9+/t16-,17+,19+,20+,21+,22-,23?/m0/s1. The number of fused-ring (bicyclic) bond motifs is 1. The lowest BCUT2D eigenvalue weighted by Gasteiger charge is -2.21. The van der Waals surface area contributed by atoms with Gasteiger partial charge in [-0.25, -0.2) is 0 Å². The fraction of sp³-hybridized carbons (Fsp3) is 0.625. The molecule has 7 atom stereocenters. The summed E-state index contributed by atoms with van der Waals surface area (Å²) in [6.07, 6.45) is 5.54. The first kappa shape index (κ1) is 24.1. The maximum absolute atomic E-state index is 11.2. The number of hydrogen-bond donors (Lipinski definition) is 3. The van der Waals surface area contributed by atoms with Gasteiger partial charge in [0.1, 0.15) is 23.7 Å². The van der Waals surface area contributed by atoms with Crippen LogP contribution in [0, 0.1) is 17.8 Å². The van der Waals surface area contributed by atoms with E-state index in [0.29, 0.717) is 31.1 Å². The van der Waals surface area contributed by atoms with Crippen molar-refractivity contribution in [1.29, 1.82) is 0 Å². The molecular weight excluding hydrogens is 416 g/mol. The molecule has 31 heavy (non-hydrogen) atoms. The largest absolute Gasteiger partial charge is 0.491 e. The zero-order valence-electron chi connectivity index (χ0n) is 18.0. The van der Waals surface area contributed by atoms with Crippen LogP contribution in [0.5, 0.6) is 5.75 Å². The topological polar surface area (TPSA) is 96.2 Å². The second kappa shape index (κ2) is 11.9. The molecule has 3 N–H and O–H groups in total. The highest BCUT2D eigenvalue weighted by Crippen LogP contribution is 2.42. The average molecular weight is 451 g/mol. The summed E-state index contributed by atoms with van der Waals surface area (Å²) >= 11 is 1.50. The minimum absolute atomic E-state index is 0.0128. The number of carbonyl (C=O) groups is 1. The van der Waals surface area contributed by atoms with Crippen molar-refractivity contribution < 1.29 is 29.6 Å². The predicted molar refractivity (Wildman–Crippen MR) is 121 cm³/mol. The van der Waals surface area contributed by atoms with Crippen molar-refractivity contribution >= 4 is 17.7 Å². The van der Waals surface area contributed by atoms with Crippen LogP contribution in [0.1, 0.15) is 32.6 Å². The van der Waals surface area contributed by atoms with Gasteiger partial charge in [0, 0.05) is 12.3 Å². The number of aliphatic carboxylic acids is 1. The third-order valence-electron chi connectivity index (χ3n) is 6.24. The van der Waals surface area contributed by atoms with E-state index in [-0.39, 0.29) is 29.8 Å². The maximum Gasteiger partial charge on any atom is 0.316 e. The van der Waals surface area contributed by atoms with E-state index >= 15 is 0 Å². The van der Waals surface area contributed by atoms with E-state index in [0.717, 1.165) is 18.6 Å². The van der Waals surface area contributed by atoms with Gasteiger partial charge in [0.15, 0.2) is 0 Å². The first-order valence-electron chi connectivity index (χ1n) is 11.2. The zero-order valence-corrected chi connectivity index (χ0v) is 18.8. The summed E-state index contributed by atoms with van der Waals surface area (Å²) in [6.45, 7) is 2.67. The Kier molecular flexibility index (Phi) is 9.26. The molecule has 0 aromatic heterocycles. The molecule has 1 unspecified atom stereocenters. The van der Waals surface area contributed by atoms with Crippen molar-refractivity contribution in [3.63, 3.8) is 0 Å². The highest BCUT2D eigenvalue weighted by atomic mass is 32.2. The van der Waals surface area contributed by atoms with Crippen LogP contribution >= 0.6 is 11.8 Å².